The predicted molar refractivity (Wildman–Crippen MR) is 196 cm³/mol. The first-order valence-electron chi connectivity index (χ1n) is 17.0. The third-order valence-electron chi connectivity index (χ3n) is 9.62. The minimum Gasteiger partial charge on any atom is -0.448 e. The molecule has 0 bridgehead atoms. The van der Waals surface area contributed by atoms with Crippen molar-refractivity contribution in [1.82, 2.24) is 18.3 Å². The molecule has 0 aliphatic carbocycles. The molecule has 1 amide bonds. The second-order valence-corrected chi connectivity index (χ2v) is 14.7. The fraction of sp³-hybridized carbons (Fsp3) is 0.250. The summed E-state index contributed by atoms with van der Waals surface area (Å²) in [6.07, 6.45) is 0.588. The monoisotopic (exact) mass is 688 g/mol. The molecule has 0 radical (unpaired) electrons. The lowest BCUT2D eigenvalue weighted by atomic mass is 10.0. The van der Waals surface area contributed by atoms with Crippen molar-refractivity contribution >= 4 is 37.9 Å². The molecule has 6 aromatic rings. The van der Waals surface area contributed by atoms with Crippen molar-refractivity contribution in [2.75, 3.05) is 19.7 Å². The number of aromatic nitrogens is 2. The molecule has 256 valence electrons. The number of amides is 1. The zero-order chi connectivity index (χ0) is 34.7. The van der Waals surface area contributed by atoms with E-state index in [1.54, 1.807) is 58.0 Å². The summed E-state index contributed by atoms with van der Waals surface area (Å²) in [6, 6.07) is 39.5. The molecule has 7 rings (SSSR count). The molecule has 1 aliphatic rings. The summed E-state index contributed by atoms with van der Waals surface area (Å²) in [5, 5.41) is 1.34. The van der Waals surface area contributed by atoms with Crippen molar-refractivity contribution in [3.63, 3.8) is 0 Å². The number of likely N-dealkylation sites (tertiary alicyclic amines) is 1. The van der Waals surface area contributed by atoms with Crippen LogP contribution < -0.4 is 5.69 Å². The lowest BCUT2D eigenvalue weighted by Crippen LogP contribution is -2.43. The zero-order valence-electron chi connectivity index (χ0n) is 28.0. The minimum absolute atomic E-state index is 0.0368. The highest BCUT2D eigenvalue weighted by Gasteiger charge is 2.32. The number of rotatable bonds is 10. The Morgan fingerprint density at radius 3 is 1.98 bits per heavy atom. The average Bonchev–Trinajstić information content (AvgIpc) is 3.46. The van der Waals surface area contributed by atoms with Crippen LogP contribution in [-0.4, -0.2) is 58.6 Å². The van der Waals surface area contributed by atoms with Gasteiger partial charge in [0.1, 0.15) is 6.61 Å². The number of benzene rings is 5. The Morgan fingerprint density at radius 1 is 0.760 bits per heavy atom. The summed E-state index contributed by atoms with van der Waals surface area (Å²) in [4.78, 5) is 31.5. The molecular formula is C40H40N4O5S. The number of imidazole rings is 1. The summed E-state index contributed by atoms with van der Waals surface area (Å²) in [6.45, 7) is 4.52. The smallest absolute Gasteiger partial charge is 0.409 e. The van der Waals surface area contributed by atoms with Crippen LogP contribution in [0.5, 0.6) is 0 Å². The summed E-state index contributed by atoms with van der Waals surface area (Å²) in [5.41, 5.74) is 2.64. The summed E-state index contributed by atoms with van der Waals surface area (Å²) in [5.74, 6) is 0. The molecule has 1 aliphatic heterocycles. The van der Waals surface area contributed by atoms with Gasteiger partial charge in [-0.2, -0.15) is 3.97 Å². The Labute approximate surface area is 292 Å². The van der Waals surface area contributed by atoms with Gasteiger partial charge in [0.05, 0.1) is 15.9 Å². The van der Waals surface area contributed by atoms with E-state index in [-0.39, 0.29) is 29.7 Å². The molecular weight excluding hydrogens is 649 g/mol. The van der Waals surface area contributed by atoms with Crippen LogP contribution in [0.15, 0.2) is 137 Å². The molecule has 0 spiro atoms. The lowest BCUT2D eigenvalue weighted by molar-refractivity contribution is 0.0567. The van der Waals surface area contributed by atoms with Crippen molar-refractivity contribution in [1.29, 1.82) is 0 Å². The number of para-hydroxylation sites is 2. The highest BCUT2D eigenvalue weighted by atomic mass is 32.2. The summed E-state index contributed by atoms with van der Waals surface area (Å²) < 4.78 is 36.7. The highest BCUT2D eigenvalue weighted by Crippen LogP contribution is 2.30. The molecule has 1 fully saturated rings. The van der Waals surface area contributed by atoms with Gasteiger partial charge in [0.15, 0.2) is 0 Å². The molecule has 10 heteroatoms. The van der Waals surface area contributed by atoms with Crippen LogP contribution in [0.1, 0.15) is 36.9 Å². The first-order chi connectivity index (χ1) is 24.3. The molecule has 0 saturated carbocycles. The van der Waals surface area contributed by atoms with Gasteiger partial charge in [0, 0.05) is 43.6 Å². The van der Waals surface area contributed by atoms with Crippen molar-refractivity contribution in [3.05, 3.63) is 149 Å². The number of piperidine rings is 1. The van der Waals surface area contributed by atoms with Crippen molar-refractivity contribution < 1.29 is 17.9 Å². The fourth-order valence-corrected chi connectivity index (χ4v) is 8.56. The Balaban J connectivity index is 1.05. The zero-order valence-corrected chi connectivity index (χ0v) is 28.8. The number of nitrogens with zero attached hydrogens (tertiary/aromatic N) is 4. The Morgan fingerprint density at radius 2 is 1.32 bits per heavy atom. The largest absolute Gasteiger partial charge is 0.448 e. The topological polar surface area (TPSA) is 93.8 Å². The maximum Gasteiger partial charge on any atom is 0.409 e. The van der Waals surface area contributed by atoms with Crippen LogP contribution in [0.2, 0.25) is 0 Å². The van der Waals surface area contributed by atoms with Crippen LogP contribution in [0.4, 0.5) is 4.79 Å². The van der Waals surface area contributed by atoms with Gasteiger partial charge in [0.2, 0.25) is 0 Å². The standard InChI is InChI=1S/C40H40N4O5S/c1-30(42(27-31-13-4-2-5-14-31)28-32-15-6-3-7-16-32)29-49-40(46)41-25-23-34(24-26-41)43-36-20-10-11-21-37(36)44(39(43)45)50(47,48)38-22-12-18-33-17-8-9-19-35(33)38/h2-22,30,34H,23-29H2,1H3. The van der Waals surface area contributed by atoms with Crippen molar-refractivity contribution in [2.24, 2.45) is 0 Å². The lowest BCUT2D eigenvalue weighted by Gasteiger charge is -2.33. The van der Waals surface area contributed by atoms with E-state index in [1.807, 2.05) is 54.6 Å². The van der Waals surface area contributed by atoms with Gasteiger partial charge in [-0.25, -0.2) is 18.0 Å². The number of fused-ring (bicyclic) bond motifs is 2. The molecule has 0 N–H and O–H groups in total. The van der Waals surface area contributed by atoms with Crippen LogP contribution in [-0.2, 0) is 27.8 Å². The van der Waals surface area contributed by atoms with E-state index in [4.69, 9.17) is 4.74 Å². The minimum atomic E-state index is -4.23. The van der Waals surface area contributed by atoms with Gasteiger partial charge in [-0.3, -0.25) is 9.47 Å². The Hall–Kier alpha value is -5.19. The SMILES string of the molecule is CC(COC(=O)N1CCC(n2c(=O)n(S(=O)(=O)c3cccc4ccccc34)c3ccccc32)CC1)N(Cc1ccccc1)Cc1ccccc1. The van der Waals surface area contributed by atoms with Gasteiger partial charge in [0.25, 0.3) is 10.0 Å². The molecule has 1 aromatic heterocycles. The fourth-order valence-electron chi connectivity index (χ4n) is 6.95. The van der Waals surface area contributed by atoms with Gasteiger partial charge in [-0.05, 0) is 54.5 Å². The van der Waals surface area contributed by atoms with E-state index in [1.165, 1.54) is 11.1 Å². The molecule has 1 atom stereocenters. The summed E-state index contributed by atoms with van der Waals surface area (Å²) >= 11 is 0. The highest BCUT2D eigenvalue weighted by molar-refractivity contribution is 7.90. The molecule has 50 heavy (non-hydrogen) atoms. The predicted octanol–water partition coefficient (Wildman–Crippen LogP) is 7.06. The number of hydrogen-bond acceptors (Lipinski definition) is 6. The quantitative estimate of drug-likeness (QED) is 0.153. The van der Waals surface area contributed by atoms with Crippen LogP contribution in [0.25, 0.3) is 21.8 Å². The van der Waals surface area contributed by atoms with E-state index in [9.17, 15) is 18.0 Å². The van der Waals surface area contributed by atoms with Gasteiger partial charge in [-0.1, -0.05) is 109 Å². The average molecular weight is 689 g/mol. The second-order valence-electron chi connectivity index (χ2n) is 12.9. The Bertz CT molecular complexity index is 2230. The third-order valence-corrected chi connectivity index (χ3v) is 11.4. The third kappa shape index (κ3) is 6.68. The Kier molecular flexibility index (Phi) is 9.56. The summed E-state index contributed by atoms with van der Waals surface area (Å²) in [7, 11) is -4.23. The maximum atomic E-state index is 14.2. The molecule has 1 unspecified atom stereocenters. The number of ether oxygens (including phenoxy) is 1. The number of hydrogen-bond donors (Lipinski definition) is 0. The van der Waals surface area contributed by atoms with E-state index in [0.717, 1.165) is 22.4 Å². The van der Waals surface area contributed by atoms with E-state index < -0.39 is 15.7 Å². The van der Waals surface area contributed by atoms with Crippen LogP contribution in [0, 0.1) is 0 Å². The second kappa shape index (κ2) is 14.3. The van der Waals surface area contributed by atoms with Crippen LogP contribution in [0.3, 0.4) is 0 Å². The van der Waals surface area contributed by atoms with E-state index in [2.05, 4.69) is 36.1 Å². The normalized spacial score (nSPS) is 14.7. The first kappa shape index (κ1) is 33.3. The maximum absolute atomic E-state index is 14.2. The van der Waals surface area contributed by atoms with Crippen LogP contribution >= 0.6 is 0 Å². The van der Waals surface area contributed by atoms with Gasteiger partial charge < -0.3 is 9.64 Å². The first-order valence-corrected chi connectivity index (χ1v) is 18.4. The molecule has 1 saturated heterocycles. The molecule has 5 aromatic carbocycles. The molecule has 9 nitrogen and oxygen atoms in total. The van der Waals surface area contributed by atoms with E-state index >= 15 is 0 Å². The van der Waals surface area contributed by atoms with E-state index in [0.29, 0.717) is 42.4 Å². The van der Waals surface area contributed by atoms with Gasteiger partial charge in [-0.15, -0.1) is 0 Å². The number of carbonyl (C=O) groups is 1. The number of carbonyl (C=O) groups excluding carboxylic acids is 1. The van der Waals surface area contributed by atoms with Gasteiger partial charge >= 0.3 is 11.8 Å². The van der Waals surface area contributed by atoms with Crippen molar-refractivity contribution in [2.45, 2.75) is 49.8 Å². The molecule has 2 heterocycles. The van der Waals surface area contributed by atoms with Crippen molar-refractivity contribution in [3.8, 4) is 0 Å².